The Balaban J connectivity index is 1.43. The number of carbonyl (C=O) groups is 2. The molecular weight excluding hydrogens is 436 g/mol. The molecule has 0 atom stereocenters. The number of amides is 2. The number of nitrogens with zero attached hydrogens (tertiary/aromatic N) is 3. The van der Waals surface area contributed by atoms with E-state index in [9.17, 15) is 14.7 Å². The molecular formula is C20H22N6O3S2. The number of hydrogen-bond donors (Lipinski definition) is 4. The molecule has 2 amide bonds. The first-order valence-electron chi connectivity index (χ1n) is 10.2. The maximum atomic E-state index is 12.6. The molecule has 0 aromatic carbocycles. The van der Waals surface area contributed by atoms with E-state index >= 15 is 0 Å². The Morgan fingerprint density at radius 2 is 2.19 bits per heavy atom. The van der Waals surface area contributed by atoms with Crippen molar-refractivity contribution in [1.82, 2.24) is 25.5 Å². The highest BCUT2D eigenvalue weighted by molar-refractivity contribution is 7.22. The number of anilines is 1. The second-order valence-electron chi connectivity index (χ2n) is 7.63. The number of nitrogens with one attached hydrogen (secondary N) is 3. The zero-order valence-electron chi connectivity index (χ0n) is 16.7. The predicted molar refractivity (Wildman–Crippen MR) is 121 cm³/mol. The highest BCUT2D eigenvalue weighted by Crippen LogP contribution is 2.45. The van der Waals surface area contributed by atoms with Crippen LogP contribution in [0, 0.1) is 0 Å². The lowest BCUT2D eigenvalue weighted by Gasteiger charge is -2.27. The van der Waals surface area contributed by atoms with E-state index in [0.717, 1.165) is 49.3 Å². The highest BCUT2D eigenvalue weighted by atomic mass is 32.1. The standard InChI is InChI=1S/C20H22N6O3S2/c27-16(2-5-23-11-7-22-8-11)25-19-17(18-24-13-9-21-4-1-14(13)30-18)12-3-6-26(20(28)29)10-15(12)31-19/h1,4,9,11,22-23H,2-3,5-8,10H2,(H,25,27)(H,28,29). The maximum Gasteiger partial charge on any atom is 0.407 e. The summed E-state index contributed by atoms with van der Waals surface area (Å²) < 4.78 is 1.03. The van der Waals surface area contributed by atoms with Crippen LogP contribution in [0.4, 0.5) is 9.80 Å². The van der Waals surface area contributed by atoms with Gasteiger partial charge in [-0.1, -0.05) is 0 Å². The normalized spacial score (nSPS) is 16.2. The molecule has 0 spiro atoms. The van der Waals surface area contributed by atoms with E-state index in [4.69, 9.17) is 4.98 Å². The van der Waals surface area contributed by atoms with Crippen molar-refractivity contribution in [2.45, 2.75) is 25.4 Å². The van der Waals surface area contributed by atoms with Gasteiger partial charge in [-0.2, -0.15) is 0 Å². The molecule has 5 heterocycles. The van der Waals surface area contributed by atoms with Crippen molar-refractivity contribution in [3.63, 3.8) is 0 Å². The Hall–Kier alpha value is -2.60. The van der Waals surface area contributed by atoms with Gasteiger partial charge in [0, 0.05) is 55.3 Å². The Kier molecular flexibility index (Phi) is 5.57. The molecule has 3 aromatic rings. The van der Waals surface area contributed by atoms with Crippen LogP contribution in [0.2, 0.25) is 0 Å². The molecule has 4 N–H and O–H groups in total. The molecule has 1 saturated heterocycles. The van der Waals surface area contributed by atoms with Crippen LogP contribution in [0.25, 0.3) is 20.8 Å². The molecule has 3 aromatic heterocycles. The van der Waals surface area contributed by atoms with Crippen LogP contribution in [-0.2, 0) is 17.8 Å². The van der Waals surface area contributed by atoms with E-state index in [1.165, 1.54) is 16.2 Å². The predicted octanol–water partition coefficient (Wildman–Crippen LogP) is 2.35. The number of thiazole rings is 1. The van der Waals surface area contributed by atoms with Crippen molar-refractivity contribution in [2.75, 3.05) is 31.5 Å². The van der Waals surface area contributed by atoms with E-state index < -0.39 is 6.09 Å². The van der Waals surface area contributed by atoms with Gasteiger partial charge in [-0.25, -0.2) is 9.78 Å². The van der Waals surface area contributed by atoms with Crippen molar-refractivity contribution in [1.29, 1.82) is 0 Å². The van der Waals surface area contributed by atoms with Gasteiger partial charge >= 0.3 is 6.09 Å². The first-order chi connectivity index (χ1) is 15.1. The molecule has 0 bridgehead atoms. The monoisotopic (exact) mass is 458 g/mol. The van der Waals surface area contributed by atoms with Gasteiger partial charge in [-0.15, -0.1) is 22.7 Å². The van der Waals surface area contributed by atoms with Gasteiger partial charge in [-0.05, 0) is 18.1 Å². The number of carboxylic acid groups (broad SMARTS) is 1. The van der Waals surface area contributed by atoms with Gasteiger partial charge in [-0.3, -0.25) is 9.78 Å². The van der Waals surface area contributed by atoms with E-state index in [2.05, 4.69) is 20.9 Å². The van der Waals surface area contributed by atoms with Gasteiger partial charge in [0.25, 0.3) is 0 Å². The quantitative estimate of drug-likeness (QED) is 0.448. The first-order valence-corrected chi connectivity index (χ1v) is 11.8. The number of pyridine rings is 1. The summed E-state index contributed by atoms with van der Waals surface area (Å²) in [5, 5.41) is 20.6. The number of fused-ring (bicyclic) bond motifs is 2. The summed E-state index contributed by atoms with van der Waals surface area (Å²) in [6, 6.07) is 2.37. The summed E-state index contributed by atoms with van der Waals surface area (Å²) in [5.41, 5.74) is 2.83. The Labute approximate surface area is 186 Å². The smallest absolute Gasteiger partial charge is 0.407 e. The van der Waals surface area contributed by atoms with Crippen molar-refractivity contribution < 1.29 is 14.7 Å². The van der Waals surface area contributed by atoms with Gasteiger partial charge in [0.05, 0.1) is 17.4 Å². The summed E-state index contributed by atoms with van der Waals surface area (Å²) in [5.74, 6) is -0.0579. The molecule has 0 saturated carbocycles. The summed E-state index contributed by atoms with van der Waals surface area (Å²) in [4.78, 5) is 35.4. The fraction of sp³-hybridized carbons (Fsp3) is 0.400. The number of aromatic nitrogens is 2. The van der Waals surface area contributed by atoms with Crippen LogP contribution in [0.5, 0.6) is 0 Å². The summed E-state index contributed by atoms with van der Waals surface area (Å²) in [6.07, 6.45) is 3.54. The third-order valence-electron chi connectivity index (χ3n) is 5.55. The summed E-state index contributed by atoms with van der Waals surface area (Å²) in [7, 11) is 0. The minimum atomic E-state index is -0.922. The average molecular weight is 459 g/mol. The SMILES string of the molecule is O=C(CCNC1CNC1)Nc1sc2c(c1-c1nc3cnccc3s1)CCN(C(=O)O)C2. The summed E-state index contributed by atoms with van der Waals surface area (Å²) >= 11 is 3.02. The topological polar surface area (TPSA) is 119 Å². The first kappa shape index (κ1) is 20.3. The molecule has 2 aliphatic heterocycles. The zero-order valence-corrected chi connectivity index (χ0v) is 18.3. The van der Waals surface area contributed by atoms with Crippen molar-refractivity contribution >= 4 is 49.9 Å². The van der Waals surface area contributed by atoms with Gasteiger partial charge in [0.15, 0.2) is 0 Å². The van der Waals surface area contributed by atoms with E-state index in [1.807, 2.05) is 6.07 Å². The molecule has 162 valence electrons. The van der Waals surface area contributed by atoms with Crippen molar-refractivity contribution in [3.8, 4) is 10.6 Å². The number of thiophene rings is 1. The average Bonchev–Trinajstić information content (AvgIpc) is 3.29. The van der Waals surface area contributed by atoms with Crippen LogP contribution in [0.15, 0.2) is 18.5 Å². The van der Waals surface area contributed by atoms with Crippen LogP contribution in [-0.4, -0.2) is 64.2 Å². The fourth-order valence-corrected chi connectivity index (χ4v) is 6.14. The van der Waals surface area contributed by atoms with Crippen LogP contribution in [0.1, 0.15) is 16.9 Å². The Morgan fingerprint density at radius 1 is 1.32 bits per heavy atom. The van der Waals surface area contributed by atoms with E-state index in [0.29, 0.717) is 38.5 Å². The molecule has 2 aliphatic rings. The molecule has 5 rings (SSSR count). The minimum absolute atomic E-state index is 0.0579. The zero-order chi connectivity index (χ0) is 21.4. The Bertz CT molecular complexity index is 1110. The van der Waals surface area contributed by atoms with Crippen LogP contribution in [0.3, 0.4) is 0 Å². The highest BCUT2D eigenvalue weighted by Gasteiger charge is 2.29. The summed E-state index contributed by atoms with van der Waals surface area (Å²) in [6.45, 7) is 3.27. The second-order valence-corrected chi connectivity index (χ2v) is 9.77. The fourth-order valence-electron chi connectivity index (χ4n) is 3.78. The lowest BCUT2D eigenvalue weighted by Crippen LogP contribution is -2.55. The number of hydrogen-bond acceptors (Lipinski definition) is 8. The van der Waals surface area contributed by atoms with Crippen LogP contribution < -0.4 is 16.0 Å². The lowest BCUT2D eigenvalue weighted by atomic mass is 10.0. The van der Waals surface area contributed by atoms with E-state index in [1.54, 1.807) is 23.7 Å². The second kappa shape index (κ2) is 8.50. The third kappa shape index (κ3) is 4.13. The molecule has 9 nitrogen and oxygen atoms in total. The van der Waals surface area contributed by atoms with Gasteiger partial charge < -0.3 is 26.0 Å². The van der Waals surface area contributed by atoms with E-state index in [-0.39, 0.29) is 5.91 Å². The minimum Gasteiger partial charge on any atom is -0.465 e. The van der Waals surface area contributed by atoms with Crippen molar-refractivity contribution in [3.05, 3.63) is 28.9 Å². The lowest BCUT2D eigenvalue weighted by molar-refractivity contribution is -0.116. The molecule has 31 heavy (non-hydrogen) atoms. The van der Waals surface area contributed by atoms with Crippen molar-refractivity contribution in [2.24, 2.45) is 0 Å². The van der Waals surface area contributed by atoms with Gasteiger partial charge in [0.2, 0.25) is 5.91 Å². The number of rotatable bonds is 6. The Morgan fingerprint density at radius 3 is 2.94 bits per heavy atom. The molecule has 1 fully saturated rings. The molecule has 0 unspecified atom stereocenters. The number of carbonyl (C=O) groups excluding carboxylic acids is 1. The largest absolute Gasteiger partial charge is 0.465 e. The third-order valence-corrected chi connectivity index (χ3v) is 7.74. The molecule has 0 radical (unpaired) electrons. The maximum absolute atomic E-state index is 12.6. The molecule has 11 heteroatoms. The van der Waals surface area contributed by atoms with Gasteiger partial charge in [0.1, 0.15) is 15.5 Å². The molecule has 0 aliphatic carbocycles. The van der Waals surface area contributed by atoms with Crippen LogP contribution >= 0.6 is 22.7 Å².